The van der Waals surface area contributed by atoms with Crippen molar-refractivity contribution in [2.75, 3.05) is 11.1 Å². The zero-order valence-electron chi connectivity index (χ0n) is 17.1. The van der Waals surface area contributed by atoms with Crippen molar-refractivity contribution < 1.29 is 4.79 Å². The average molecular weight is 408 g/mol. The fourth-order valence-corrected chi connectivity index (χ4v) is 6.24. The number of dihydropyridines is 1. The number of thioether (sulfide) groups is 1. The molecule has 4 rings (SSSR count). The molecular weight excluding hydrogens is 378 g/mol. The van der Waals surface area contributed by atoms with E-state index >= 15 is 0 Å². The zero-order chi connectivity index (χ0) is 20.3. The standard InChI is InChI=1S/C24H29N3OS/c1-17-8-7-13-24(14-17)19-11-5-6-12-21(19)27-23(20(24)15-25)29-16-22(28)26-18-9-3-2-4-10-18/h2-4,9-10,17,27H,5-8,11-14,16H2,1H3,(H,26,28). The Morgan fingerprint density at radius 1 is 1.28 bits per heavy atom. The molecule has 1 aromatic rings. The molecule has 3 aliphatic rings. The van der Waals surface area contributed by atoms with Crippen LogP contribution in [-0.4, -0.2) is 11.7 Å². The average Bonchev–Trinajstić information content (AvgIpc) is 2.73. The lowest BCUT2D eigenvalue weighted by atomic mass is 9.59. The summed E-state index contributed by atoms with van der Waals surface area (Å²) >= 11 is 1.48. The van der Waals surface area contributed by atoms with Gasteiger partial charge >= 0.3 is 0 Å². The van der Waals surface area contributed by atoms with Gasteiger partial charge in [-0.05, 0) is 62.1 Å². The number of hydrogen-bond donors (Lipinski definition) is 2. The summed E-state index contributed by atoms with van der Waals surface area (Å²) in [6, 6.07) is 12.1. The molecule has 5 heteroatoms. The predicted molar refractivity (Wildman–Crippen MR) is 119 cm³/mol. The molecule has 2 N–H and O–H groups in total. The number of hydrogen-bond acceptors (Lipinski definition) is 4. The summed E-state index contributed by atoms with van der Waals surface area (Å²) in [6.07, 6.45) is 9.14. The van der Waals surface area contributed by atoms with Crippen LogP contribution in [0.2, 0.25) is 0 Å². The van der Waals surface area contributed by atoms with Crippen molar-refractivity contribution in [3.05, 3.63) is 52.2 Å². The first-order valence-electron chi connectivity index (χ1n) is 10.7. The summed E-state index contributed by atoms with van der Waals surface area (Å²) in [5.74, 6) is 0.896. The maximum absolute atomic E-state index is 12.5. The van der Waals surface area contributed by atoms with Crippen LogP contribution in [-0.2, 0) is 4.79 Å². The molecule has 1 heterocycles. The molecule has 0 aromatic heterocycles. The van der Waals surface area contributed by atoms with Gasteiger partial charge in [0, 0.05) is 16.8 Å². The Morgan fingerprint density at radius 3 is 2.83 bits per heavy atom. The minimum Gasteiger partial charge on any atom is -0.353 e. The molecule has 0 radical (unpaired) electrons. The highest BCUT2D eigenvalue weighted by Gasteiger charge is 2.47. The van der Waals surface area contributed by atoms with E-state index in [1.54, 1.807) is 0 Å². The fraction of sp³-hybridized carbons (Fsp3) is 0.500. The monoisotopic (exact) mass is 407 g/mol. The lowest BCUT2D eigenvalue weighted by Crippen LogP contribution is -2.40. The van der Waals surface area contributed by atoms with Gasteiger partial charge in [0.2, 0.25) is 5.91 Å². The number of nitrogens with one attached hydrogen (secondary N) is 2. The number of anilines is 1. The predicted octanol–water partition coefficient (Wildman–Crippen LogP) is 5.72. The molecule has 0 bridgehead atoms. The van der Waals surface area contributed by atoms with Crippen molar-refractivity contribution in [2.45, 2.75) is 58.3 Å². The van der Waals surface area contributed by atoms with Gasteiger partial charge in [0.1, 0.15) is 0 Å². The molecular formula is C24H29N3OS. The van der Waals surface area contributed by atoms with E-state index in [1.807, 2.05) is 30.3 Å². The Hall–Kier alpha value is -2.19. The van der Waals surface area contributed by atoms with Crippen LogP contribution < -0.4 is 10.6 Å². The summed E-state index contributed by atoms with van der Waals surface area (Å²) in [5, 5.41) is 17.6. The minimum atomic E-state index is -0.105. The highest BCUT2D eigenvalue weighted by Crippen LogP contribution is 2.56. The Balaban J connectivity index is 1.57. The van der Waals surface area contributed by atoms with Gasteiger partial charge in [-0.3, -0.25) is 4.79 Å². The Kier molecular flexibility index (Phi) is 6.01. The van der Waals surface area contributed by atoms with Crippen molar-refractivity contribution in [3.63, 3.8) is 0 Å². The Labute approximate surface area is 177 Å². The van der Waals surface area contributed by atoms with E-state index < -0.39 is 0 Å². The van der Waals surface area contributed by atoms with E-state index in [4.69, 9.17) is 0 Å². The second kappa shape index (κ2) is 8.67. The van der Waals surface area contributed by atoms with E-state index in [9.17, 15) is 10.1 Å². The highest BCUT2D eigenvalue weighted by molar-refractivity contribution is 8.03. The molecule has 1 amide bonds. The number of fused-ring (bicyclic) bond motifs is 1. The first-order chi connectivity index (χ1) is 14.1. The van der Waals surface area contributed by atoms with E-state index in [0.29, 0.717) is 11.7 Å². The second-order valence-corrected chi connectivity index (χ2v) is 9.58. The zero-order valence-corrected chi connectivity index (χ0v) is 17.9. The SMILES string of the molecule is CC1CCCC2(C1)C(C#N)=C(SCC(=O)Nc1ccccc1)NC1=C2CCCC1. The van der Waals surface area contributed by atoms with Crippen molar-refractivity contribution in [1.29, 1.82) is 5.26 Å². The molecule has 2 aliphatic carbocycles. The maximum Gasteiger partial charge on any atom is 0.234 e. The normalized spacial score (nSPS) is 26.6. The van der Waals surface area contributed by atoms with Gasteiger partial charge in [-0.2, -0.15) is 5.26 Å². The third-order valence-electron chi connectivity index (χ3n) is 6.53. The summed E-state index contributed by atoms with van der Waals surface area (Å²) in [6.45, 7) is 2.32. The van der Waals surface area contributed by atoms with Gasteiger partial charge in [0.15, 0.2) is 0 Å². The van der Waals surface area contributed by atoms with Gasteiger partial charge < -0.3 is 10.6 Å². The Morgan fingerprint density at radius 2 is 2.07 bits per heavy atom. The molecule has 1 aliphatic heterocycles. The first kappa shape index (κ1) is 20.1. The summed E-state index contributed by atoms with van der Waals surface area (Å²) < 4.78 is 0. The van der Waals surface area contributed by atoms with Crippen LogP contribution in [0, 0.1) is 22.7 Å². The number of nitriles is 1. The molecule has 2 unspecified atom stereocenters. The molecule has 1 saturated carbocycles. The lowest BCUT2D eigenvalue weighted by Gasteiger charge is -2.47. The molecule has 1 spiro atoms. The van der Waals surface area contributed by atoms with E-state index in [0.717, 1.165) is 42.0 Å². The first-order valence-corrected chi connectivity index (χ1v) is 11.7. The van der Waals surface area contributed by atoms with Crippen LogP contribution in [0.4, 0.5) is 5.69 Å². The highest BCUT2D eigenvalue weighted by atomic mass is 32.2. The number of carbonyl (C=O) groups is 1. The van der Waals surface area contributed by atoms with Crippen LogP contribution in [0.1, 0.15) is 58.3 Å². The molecule has 152 valence electrons. The van der Waals surface area contributed by atoms with Gasteiger partial charge in [0.05, 0.1) is 22.4 Å². The maximum atomic E-state index is 12.5. The number of carbonyl (C=O) groups excluding carboxylic acids is 1. The quantitative estimate of drug-likeness (QED) is 0.670. The third-order valence-corrected chi connectivity index (χ3v) is 7.53. The molecule has 1 fully saturated rings. The number of benzene rings is 1. The third kappa shape index (κ3) is 4.09. The van der Waals surface area contributed by atoms with Gasteiger partial charge in [-0.15, -0.1) is 0 Å². The number of amides is 1. The number of para-hydroxylation sites is 1. The van der Waals surface area contributed by atoms with Crippen LogP contribution in [0.25, 0.3) is 0 Å². The number of rotatable bonds is 4. The molecule has 2 atom stereocenters. The van der Waals surface area contributed by atoms with Crippen molar-refractivity contribution in [1.82, 2.24) is 5.32 Å². The van der Waals surface area contributed by atoms with Crippen LogP contribution in [0.3, 0.4) is 0 Å². The smallest absolute Gasteiger partial charge is 0.234 e. The van der Waals surface area contributed by atoms with Crippen molar-refractivity contribution in [3.8, 4) is 6.07 Å². The molecule has 29 heavy (non-hydrogen) atoms. The van der Waals surface area contributed by atoms with Gasteiger partial charge in [-0.25, -0.2) is 0 Å². The van der Waals surface area contributed by atoms with Crippen molar-refractivity contribution in [2.24, 2.45) is 11.3 Å². The molecule has 0 saturated heterocycles. The van der Waals surface area contributed by atoms with E-state index in [1.165, 1.54) is 48.7 Å². The molecule has 1 aromatic carbocycles. The van der Waals surface area contributed by atoms with E-state index in [-0.39, 0.29) is 11.3 Å². The van der Waals surface area contributed by atoms with Gasteiger partial charge in [-0.1, -0.05) is 49.7 Å². The van der Waals surface area contributed by atoms with Crippen LogP contribution >= 0.6 is 11.8 Å². The lowest BCUT2D eigenvalue weighted by molar-refractivity contribution is -0.113. The number of allylic oxidation sites excluding steroid dienone is 3. The Bertz CT molecular complexity index is 883. The van der Waals surface area contributed by atoms with Crippen LogP contribution in [0.15, 0.2) is 52.2 Å². The summed E-state index contributed by atoms with van der Waals surface area (Å²) in [4.78, 5) is 12.5. The second-order valence-electron chi connectivity index (χ2n) is 8.59. The fourth-order valence-electron chi connectivity index (χ4n) is 5.31. The topological polar surface area (TPSA) is 64.9 Å². The van der Waals surface area contributed by atoms with E-state index in [2.05, 4.69) is 23.6 Å². The summed E-state index contributed by atoms with van der Waals surface area (Å²) in [7, 11) is 0. The van der Waals surface area contributed by atoms with Gasteiger partial charge in [0.25, 0.3) is 0 Å². The largest absolute Gasteiger partial charge is 0.353 e. The van der Waals surface area contributed by atoms with Crippen LogP contribution in [0.5, 0.6) is 0 Å². The molecule has 4 nitrogen and oxygen atoms in total. The minimum absolute atomic E-state index is 0.0396. The summed E-state index contributed by atoms with van der Waals surface area (Å²) in [5.41, 5.74) is 4.40. The number of nitrogens with zero attached hydrogens (tertiary/aromatic N) is 1. The van der Waals surface area contributed by atoms with Crippen molar-refractivity contribution >= 4 is 23.4 Å².